The van der Waals surface area contributed by atoms with E-state index in [1.165, 1.54) is 7.11 Å². The lowest BCUT2D eigenvalue weighted by molar-refractivity contribution is 0.0597. The van der Waals surface area contributed by atoms with Gasteiger partial charge in [-0.3, -0.25) is 0 Å². The minimum Gasteiger partial charge on any atom is -0.505 e. The number of esters is 1. The molecule has 5 nitrogen and oxygen atoms in total. The predicted molar refractivity (Wildman–Crippen MR) is 70.5 cm³/mol. The van der Waals surface area contributed by atoms with E-state index >= 15 is 0 Å². The molecule has 0 bridgehead atoms. The van der Waals surface area contributed by atoms with Gasteiger partial charge in [-0.1, -0.05) is 0 Å². The number of carbonyl (C=O) groups excluding carboxylic acids is 1. The standard InChI is InChI=1S/C14H15NO4/c1-8-11(14(17)19-3)13(16)12(15-8)9-4-6-10(18-2)7-5-9/h4-7,15-16H,1-3H3. The number of aryl methyl sites for hydroxylation is 1. The summed E-state index contributed by atoms with van der Waals surface area (Å²) in [4.78, 5) is 14.6. The monoisotopic (exact) mass is 261 g/mol. The van der Waals surface area contributed by atoms with Crippen LogP contribution >= 0.6 is 0 Å². The highest BCUT2D eigenvalue weighted by atomic mass is 16.5. The highest BCUT2D eigenvalue weighted by Crippen LogP contribution is 2.34. The Labute approximate surface area is 110 Å². The third-order valence-corrected chi connectivity index (χ3v) is 2.93. The van der Waals surface area contributed by atoms with Crippen molar-refractivity contribution >= 4 is 5.97 Å². The lowest BCUT2D eigenvalue weighted by Crippen LogP contribution is -2.01. The Hall–Kier alpha value is -2.43. The van der Waals surface area contributed by atoms with Crippen molar-refractivity contribution in [3.8, 4) is 22.8 Å². The van der Waals surface area contributed by atoms with Gasteiger partial charge in [0.05, 0.1) is 19.9 Å². The molecule has 0 aliphatic rings. The molecule has 1 heterocycles. The summed E-state index contributed by atoms with van der Waals surface area (Å²) < 4.78 is 9.72. The highest BCUT2D eigenvalue weighted by Gasteiger charge is 2.22. The molecule has 0 fully saturated rings. The second kappa shape index (κ2) is 5.06. The molecule has 19 heavy (non-hydrogen) atoms. The quantitative estimate of drug-likeness (QED) is 0.833. The number of aromatic amines is 1. The number of aromatic nitrogens is 1. The van der Waals surface area contributed by atoms with Gasteiger partial charge in [0.15, 0.2) is 5.75 Å². The average Bonchev–Trinajstić information content (AvgIpc) is 2.73. The number of hydrogen-bond acceptors (Lipinski definition) is 4. The number of aromatic hydroxyl groups is 1. The van der Waals surface area contributed by atoms with Crippen LogP contribution < -0.4 is 4.74 Å². The average molecular weight is 261 g/mol. The smallest absolute Gasteiger partial charge is 0.343 e. The van der Waals surface area contributed by atoms with Crippen LogP contribution in [-0.2, 0) is 4.74 Å². The van der Waals surface area contributed by atoms with Crippen LogP contribution in [-0.4, -0.2) is 30.3 Å². The van der Waals surface area contributed by atoms with Gasteiger partial charge in [-0.25, -0.2) is 4.79 Å². The fourth-order valence-corrected chi connectivity index (χ4v) is 1.93. The summed E-state index contributed by atoms with van der Waals surface area (Å²) >= 11 is 0. The van der Waals surface area contributed by atoms with Gasteiger partial charge in [-0.2, -0.15) is 0 Å². The first-order chi connectivity index (χ1) is 9.08. The Morgan fingerprint density at radius 1 is 1.21 bits per heavy atom. The van der Waals surface area contributed by atoms with Crippen molar-refractivity contribution in [1.29, 1.82) is 0 Å². The third-order valence-electron chi connectivity index (χ3n) is 2.93. The summed E-state index contributed by atoms with van der Waals surface area (Å²) in [5.41, 5.74) is 1.97. The van der Waals surface area contributed by atoms with E-state index < -0.39 is 5.97 Å². The zero-order valence-electron chi connectivity index (χ0n) is 11.0. The Kier molecular flexibility index (Phi) is 3.46. The van der Waals surface area contributed by atoms with E-state index in [9.17, 15) is 9.90 Å². The first-order valence-electron chi connectivity index (χ1n) is 5.72. The van der Waals surface area contributed by atoms with Crippen LogP contribution in [0.15, 0.2) is 24.3 Å². The molecule has 0 aliphatic heterocycles. The zero-order chi connectivity index (χ0) is 14.0. The molecule has 2 aromatic rings. The van der Waals surface area contributed by atoms with Gasteiger partial charge in [0.2, 0.25) is 0 Å². The van der Waals surface area contributed by atoms with E-state index in [2.05, 4.69) is 9.72 Å². The molecule has 2 rings (SSSR count). The maximum atomic E-state index is 11.6. The predicted octanol–water partition coefficient (Wildman–Crippen LogP) is 2.49. The van der Waals surface area contributed by atoms with Crippen LogP contribution in [0, 0.1) is 6.92 Å². The molecule has 2 N–H and O–H groups in total. The number of benzene rings is 1. The van der Waals surface area contributed by atoms with Crippen LogP contribution in [0.3, 0.4) is 0 Å². The van der Waals surface area contributed by atoms with E-state index in [0.29, 0.717) is 11.4 Å². The maximum Gasteiger partial charge on any atom is 0.343 e. The number of H-pyrrole nitrogens is 1. The van der Waals surface area contributed by atoms with E-state index in [1.54, 1.807) is 38.3 Å². The van der Waals surface area contributed by atoms with Crippen molar-refractivity contribution in [1.82, 2.24) is 4.98 Å². The molecule has 100 valence electrons. The number of rotatable bonds is 3. The minimum atomic E-state index is -0.564. The van der Waals surface area contributed by atoms with Crippen LogP contribution in [0.25, 0.3) is 11.3 Å². The second-order valence-electron chi connectivity index (χ2n) is 4.07. The molecule has 0 unspecified atom stereocenters. The summed E-state index contributed by atoms with van der Waals surface area (Å²) in [6.45, 7) is 1.71. The van der Waals surface area contributed by atoms with E-state index in [-0.39, 0.29) is 11.3 Å². The van der Waals surface area contributed by atoms with Gasteiger partial charge in [0.25, 0.3) is 0 Å². The number of nitrogens with one attached hydrogen (secondary N) is 1. The number of ether oxygens (including phenoxy) is 2. The van der Waals surface area contributed by atoms with Gasteiger partial charge in [0.1, 0.15) is 11.3 Å². The fourth-order valence-electron chi connectivity index (χ4n) is 1.93. The Bertz CT molecular complexity index is 599. The maximum absolute atomic E-state index is 11.6. The number of methoxy groups -OCH3 is 2. The lowest BCUT2D eigenvalue weighted by atomic mass is 10.1. The fraction of sp³-hybridized carbons (Fsp3) is 0.214. The van der Waals surface area contributed by atoms with Crippen LogP contribution in [0.2, 0.25) is 0 Å². The van der Waals surface area contributed by atoms with Crippen molar-refractivity contribution in [3.63, 3.8) is 0 Å². The van der Waals surface area contributed by atoms with Gasteiger partial charge in [-0.05, 0) is 31.2 Å². The Morgan fingerprint density at radius 2 is 1.84 bits per heavy atom. The molecule has 0 spiro atoms. The first kappa shape index (κ1) is 13.0. The normalized spacial score (nSPS) is 10.3. The van der Waals surface area contributed by atoms with E-state index in [4.69, 9.17) is 4.74 Å². The molecule has 0 radical (unpaired) electrons. The number of hydrogen-bond donors (Lipinski definition) is 2. The molecule has 0 amide bonds. The first-order valence-corrected chi connectivity index (χ1v) is 5.72. The van der Waals surface area contributed by atoms with Crippen LogP contribution in [0.5, 0.6) is 11.5 Å². The van der Waals surface area contributed by atoms with Crippen molar-refractivity contribution < 1.29 is 19.4 Å². The largest absolute Gasteiger partial charge is 0.505 e. The SMILES string of the molecule is COC(=O)c1c(C)[nH]c(-c2ccc(OC)cc2)c1O. The summed E-state index contributed by atoms with van der Waals surface area (Å²) in [7, 11) is 2.86. The zero-order valence-corrected chi connectivity index (χ0v) is 11.0. The third kappa shape index (κ3) is 2.27. The van der Waals surface area contributed by atoms with Crippen LogP contribution in [0.4, 0.5) is 0 Å². The molecule has 0 atom stereocenters. The Morgan fingerprint density at radius 3 is 2.37 bits per heavy atom. The molecular formula is C14H15NO4. The second-order valence-corrected chi connectivity index (χ2v) is 4.07. The topological polar surface area (TPSA) is 71.6 Å². The van der Waals surface area contributed by atoms with E-state index in [1.807, 2.05) is 0 Å². The number of carbonyl (C=O) groups is 1. The summed E-state index contributed by atoms with van der Waals surface area (Å²) in [6.07, 6.45) is 0. The molecule has 0 saturated carbocycles. The molecule has 1 aromatic heterocycles. The highest BCUT2D eigenvalue weighted by molar-refractivity contribution is 5.96. The lowest BCUT2D eigenvalue weighted by Gasteiger charge is -2.03. The van der Waals surface area contributed by atoms with Crippen molar-refractivity contribution in [2.24, 2.45) is 0 Å². The Balaban J connectivity index is 2.48. The molecular weight excluding hydrogens is 246 g/mol. The molecule has 0 aliphatic carbocycles. The van der Waals surface area contributed by atoms with Crippen molar-refractivity contribution in [2.75, 3.05) is 14.2 Å². The van der Waals surface area contributed by atoms with Crippen LogP contribution in [0.1, 0.15) is 16.1 Å². The van der Waals surface area contributed by atoms with Gasteiger partial charge in [0, 0.05) is 11.3 Å². The molecule has 5 heteroatoms. The van der Waals surface area contributed by atoms with E-state index in [0.717, 1.165) is 11.3 Å². The van der Waals surface area contributed by atoms with Gasteiger partial charge >= 0.3 is 5.97 Å². The molecule has 0 saturated heterocycles. The summed E-state index contributed by atoms with van der Waals surface area (Å²) in [5, 5.41) is 10.1. The van der Waals surface area contributed by atoms with Gasteiger partial charge < -0.3 is 19.6 Å². The van der Waals surface area contributed by atoms with Gasteiger partial charge in [-0.15, -0.1) is 0 Å². The van der Waals surface area contributed by atoms with Crippen molar-refractivity contribution in [3.05, 3.63) is 35.5 Å². The molecule has 1 aromatic carbocycles. The minimum absolute atomic E-state index is 0.102. The summed E-state index contributed by atoms with van der Waals surface area (Å²) in [6, 6.07) is 7.15. The van der Waals surface area contributed by atoms with Crippen molar-refractivity contribution in [2.45, 2.75) is 6.92 Å². The summed E-state index contributed by atoms with van der Waals surface area (Å²) in [5.74, 6) is 0.0558.